The SMILES string of the molecule is C[C@]12CC[C@]3(C#N)c4ccc(OC5CCCCO5)cc4CC[C@H]3[C@@H]1C[C@@H](OC1CCCCO1)C2(F)F. The summed E-state index contributed by atoms with van der Waals surface area (Å²) < 4.78 is 55.3. The number of benzene rings is 1. The average Bonchev–Trinajstić information content (AvgIpc) is 3.09. The monoisotopic (exact) mass is 501 g/mol. The maximum Gasteiger partial charge on any atom is 0.279 e. The molecular formula is C29H37F2NO4. The van der Waals surface area contributed by atoms with Crippen LogP contribution in [0.25, 0.3) is 0 Å². The van der Waals surface area contributed by atoms with Gasteiger partial charge in [-0.1, -0.05) is 13.0 Å². The lowest BCUT2D eigenvalue weighted by Crippen LogP contribution is -2.54. The molecule has 0 aromatic heterocycles. The van der Waals surface area contributed by atoms with Crippen LogP contribution in [-0.4, -0.2) is 37.8 Å². The van der Waals surface area contributed by atoms with Gasteiger partial charge in [0.05, 0.1) is 18.1 Å². The van der Waals surface area contributed by atoms with Crippen LogP contribution in [-0.2, 0) is 26.0 Å². The molecule has 1 aromatic rings. The third-order valence-electron chi connectivity index (χ3n) is 9.95. The van der Waals surface area contributed by atoms with Gasteiger partial charge in [0.25, 0.3) is 5.92 Å². The Hall–Kier alpha value is -1.75. The number of hydrogen-bond donors (Lipinski definition) is 0. The normalized spacial score (nSPS) is 41.4. The summed E-state index contributed by atoms with van der Waals surface area (Å²) in [5.74, 6) is -2.57. The van der Waals surface area contributed by atoms with Gasteiger partial charge >= 0.3 is 0 Å². The van der Waals surface area contributed by atoms with Crippen molar-refractivity contribution < 1.29 is 27.7 Å². The molecule has 2 saturated carbocycles. The second-order valence-corrected chi connectivity index (χ2v) is 11.8. The number of alkyl halides is 2. The molecular weight excluding hydrogens is 464 g/mol. The molecule has 5 nitrogen and oxygen atoms in total. The highest BCUT2D eigenvalue weighted by atomic mass is 19.3. The number of nitriles is 1. The molecule has 0 bridgehead atoms. The summed E-state index contributed by atoms with van der Waals surface area (Å²) in [5.41, 5.74) is 0.196. The van der Waals surface area contributed by atoms with Gasteiger partial charge in [-0.15, -0.1) is 0 Å². The lowest BCUT2D eigenvalue weighted by atomic mass is 9.49. The molecule has 2 heterocycles. The Labute approximate surface area is 212 Å². The van der Waals surface area contributed by atoms with Crippen molar-refractivity contribution in [1.29, 1.82) is 5.26 Å². The minimum atomic E-state index is -2.95. The fourth-order valence-electron chi connectivity index (χ4n) is 7.88. The minimum Gasteiger partial charge on any atom is -0.465 e. The van der Waals surface area contributed by atoms with Crippen molar-refractivity contribution in [1.82, 2.24) is 0 Å². The lowest BCUT2D eigenvalue weighted by Gasteiger charge is -2.54. The van der Waals surface area contributed by atoms with Crippen LogP contribution < -0.4 is 4.74 Å². The van der Waals surface area contributed by atoms with Gasteiger partial charge < -0.3 is 18.9 Å². The number of aryl methyl sites for hydroxylation is 1. The van der Waals surface area contributed by atoms with Crippen LogP contribution in [0.3, 0.4) is 0 Å². The number of ether oxygens (including phenoxy) is 4. The van der Waals surface area contributed by atoms with Gasteiger partial charge in [0.1, 0.15) is 11.9 Å². The molecule has 36 heavy (non-hydrogen) atoms. The number of nitrogens with zero attached hydrogens (tertiary/aromatic N) is 1. The highest BCUT2D eigenvalue weighted by Gasteiger charge is 2.71. The van der Waals surface area contributed by atoms with E-state index in [1.807, 2.05) is 18.2 Å². The van der Waals surface area contributed by atoms with Crippen molar-refractivity contribution in [2.45, 2.75) is 108 Å². The van der Waals surface area contributed by atoms with E-state index in [0.29, 0.717) is 25.9 Å². The highest BCUT2D eigenvalue weighted by molar-refractivity contribution is 5.48. The molecule has 7 atom stereocenters. The van der Waals surface area contributed by atoms with Gasteiger partial charge in [0, 0.05) is 18.4 Å². The van der Waals surface area contributed by atoms with Crippen molar-refractivity contribution in [3.63, 3.8) is 0 Å². The quantitative estimate of drug-likeness (QED) is 0.486. The molecule has 6 rings (SSSR count). The van der Waals surface area contributed by atoms with Crippen molar-refractivity contribution in [2.24, 2.45) is 17.3 Å². The molecule has 7 heteroatoms. The topological polar surface area (TPSA) is 60.7 Å². The van der Waals surface area contributed by atoms with E-state index in [2.05, 4.69) is 6.07 Å². The van der Waals surface area contributed by atoms with E-state index >= 15 is 8.78 Å². The van der Waals surface area contributed by atoms with Gasteiger partial charge in [-0.25, -0.2) is 8.78 Å². The predicted molar refractivity (Wildman–Crippen MR) is 129 cm³/mol. The average molecular weight is 502 g/mol. The molecule has 2 saturated heterocycles. The van der Waals surface area contributed by atoms with Crippen LogP contribution in [0.1, 0.15) is 82.3 Å². The third kappa shape index (κ3) is 3.78. The first kappa shape index (κ1) is 24.6. The Morgan fingerprint density at radius 2 is 1.72 bits per heavy atom. The van der Waals surface area contributed by atoms with Gasteiger partial charge in [0.15, 0.2) is 12.6 Å². The minimum absolute atomic E-state index is 0.117. The Bertz CT molecular complexity index is 1020. The lowest BCUT2D eigenvalue weighted by molar-refractivity contribution is -0.250. The Kier molecular flexibility index (Phi) is 6.29. The van der Waals surface area contributed by atoms with Crippen LogP contribution in [0.4, 0.5) is 8.78 Å². The van der Waals surface area contributed by atoms with Gasteiger partial charge in [-0.2, -0.15) is 5.26 Å². The Balaban J connectivity index is 1.26. The first-order valence-electron chi connectivity index (χ1n) is 13.9. The zero-order valence-corrected chi connectivity index (χ0v) is 21.1. The zero-order chi connectivity index (χ0) is 25.0. The summed E-state index contributed by atoms with van der Waals surface area (Å²) in [6, 6.07) is 8.65. The smallest absolute Gasteiger partial charge is 0.279 e. The molecule has 5 aliphatic rings. The number of rotatable bonds is 4. The molecule has 2 aliphatic heterocycles. The first-order chi connectivity index (χ1) is 17.4. The molecule has 1 aromatic carbocycles. The van der Waals surface area contributed by atoms with E-state index in [4.69, 9.17) is 18.9 Å². The van der Waals surface area contributed by atoms with Crippen LogP contribution in [0.5, 0.6) is 5.75 Å². The molecule has 2 unspecified atom stereocenters. The summed E-state index contributed by atoms with van der Waals surface area (Å²) in [6.07, 6.45) is 6.22. The van der Waals surface area contributed by atoms with Gasteiger partial charge in [-0.3, -0.25) is 0 Å². The molecule has 3 aliphatic carbocycles. The second kappa shape index (κ2) is 9.22. The van der Waals surface area contributed by atoms with E-state index in [1.54, 1.807) is 6.92 Å². The van der Waals surface area contributed by atoms with Crippen molar-refractivity contribution >= 4 is 0 Å². The molecule has 0 N–H and O–H groups in total. The molecule has 0 amide bonds. The van der Waals surface area contributed by atoms with E-state index in [0.717, 1.165) is 68.4 Å². The summed E-state index contributed by atoms with van der Waals surface area (Å²) >= 11 is 0. The fraction of sp³-hybridized carbons (Fsp3) is 0.759. The summed E-state index contributed by atoms with van der Waals surface area (Å²) in [7, 11) is 0. The number of fused-ring (bicyclic) bond motifs is 5. The standard InChI is InChI=1S/C29H37F2NO4/c1-27-12-13-28(18-32)21-11-9-20(35-25-6-2-4-14-33-25)16-19(21)8-10-22(28)23(27)17-24(29(27,30)31)36-26-7-3-5-15-34-26/h9,11,16,22-26H,2-8,10,12-15,17H2,1H3/t22-,23-,24+,25?,26?,27-,28-/m0/s1. The predicted octanol–water partition coefficient (Wildman–Crippen LogP) is 6.28. The number of hydrogen-bond acceptors (Lipinski definition) is 5. The molecule has 196 valence electrons. The summed E-state index contributed by atoms with van der Waals surface area (Å²) in [4.78, 5) is 0. The Morgan fingerprint density at radius 1 is 0.972 bits per heavy atom. The third-order valence-corrected chi connectivity index (χ3v) is 9.95. The van der Waals surface area contributed by atoms with E-state index in [1.165, 1.54) is 0 Å². The molecule has 0 radical (unpaired) electrons. The van der Waals surface area contributed by atoms with Gasteiger partial charge in [-0.05, 0) is 99.3 Å². The molecule has 4 fully saturated rings. The first-order valence-corrected chi connectivity index (χ1v) is 13.9. The number of halogens is 2. The van der Waals surface area contributed by atoms with Gasteiger partial charge in [0.2, 0.25) is 0 Å². The highest BCUT2D eigenvalue weighted by Crippen LogP contribution is 2.68. The van der Waals surface area contributed by atoms with Crippen molar-refractivity contribution in [3.8, 4) is 11.8 Å². The Morgan fingerprint density at radius 3 is 2.42 bits per heavy atom. The van der Waals surface area contributed by atoms with Crippen LogP contribution in [0.2, 0.25) is 0 Å². The van der Waals surface area contributed by atoms with Crippen LogP contribution in [0, 0.1) is 28.6 Å². The molecule has 0 spiro atoms. The van der Waals surface area contributed by atoms with Crippen molar-refractivity contribution in [3.05, 3.63) is 29.3 Å². The zero-order valence-electron chi connectivity index (χ0n) is 21.1. The maximum atomic E-state index is 16.0. The van der Waals surface area contributed by atoms with Crippen molar-refractivity contribution in [2.75, 3.05) is 13.2 Å². The van der Waals surface area contributed by atoms with E-state index < -0.39 is 29.1 Å². The van der Waals surface area contributed by atoms with E-state index in [9.17, 15) is 5.26 Å². The fourth-order valence-corrected chi connectivity index (χ4v) is 7.88. The second-order valence-electron chi connectivity index (χ2n) is 11.8. The summed E-state index contributed by atoms with van der Waals surface area (Å²) in [6.45, 7) is 3.02. The largest absolute Gasteiger partial charge is 0.465 e. The summed E-state index contributed by atoms with van der Waals surface area (Å²) in [5, 5.41) is 10.6. The maximum absolute atomic E-state index is 16.0. The van der Waals surface area contributed by atoms with Crippen LogP contribution in [0.15, 0.2) is 18.2 Å². The van der Waals surface area contributed by atoms with Crippen LogP contribution >= 0.6 is 0 Å². The van der Waals surface area contributed by atoms with E-state index in [-0.39, 0.29) is 24.5 Å².